The molecule has 0 saturated heterocycles. The summed E-state index contributed by atoms with van der Waals surface area (Å²) in [5.74, 6) is 0.607. The summed E-state index contributed by atoms with van der Waals surface area (Å²) in [6, 6.07) is 6.89. The second-order valence-electron chi connectivity index (χ2n) is 4.61. The average molecular weight is 389 g/mol. The van der Waals surface area contributed by atoms with Gasteiger partial charge in [-0.2, -0.15) is 0 Å². The second kappa shape index (κ2) is 8.94. The van der Waals surface area contributed by atoms with Crippen molar-refractivity contribution in [3.8, 4) is 0 Å². The number of hydrogen-bond acceptors (Lipinski definition) is 1. The Morgan fingerprint density at radius 2 is 1.90 bits per heavy atom. The number of guanidine groups is 1. The highest BCUT2D eigenvalue weighted by molar-refractivity contribution is 14.0. The minimum absolute atomic E-state index is 0. The first kappa shape index (κ1) is 16.9. The highest BCUT2D eigenvalue weighted by Crippen LogP contribution is 2.09. The monoisotopic (exact) mass is 389 g/mol. The van der Waals surface area contributed by atoms with Gasteiger partial charge in [0.25, 0.3) is 0 Å². The zero-order valence-corrected chi connectivity index (χ0v) is 13.9. The first-order chi connectivity index (χ1) is 9.28. The Hall–Kier alpha value is -1.11. The number of nitrogens with one attached hydrogen (secondary N) is 2. The van der Waals surface area contributed by atoms with Gasteiger partial charge in [-0.05, 0) is 37.5 Å². The van der Waals surface area contributed by atoms with Gasteiger partial charge < -0.3 is 10.6 Å². The van der Waals surface area contributed by atoms with E-state index in [-0.39, 0.29) is 29.8 Å². The van der Waals surface area contributed by atoms with Crippen LogP contribution in [0.5, 0.6) is 0 Å². The Balaban J connectivity index is 0.00000200. The molecule has 0 unspecified atom stereocenters. The molecule has 0 bridgehead atoms. The van der Waals surface area contributed by atoms with Gasteiger partial charge >= 0.3 is 0 Å². The summed E-state index contributed by atoms with van der Waals surface area (Å²) in [7, 11) is 0. The summed E-state index contributed by atoms with van der Waals surface area (Å²) in [6.45, 7) is 3.42. The van der Waals surface area contributed by atoms with E-state index in [1.807, 2.05) is 6.92 Å². The van der Waals surface area contributed by atoms with Crippen molar-refractivity contribution >= 4 is 29.9 Å². The number of benzene rings is 1. The lowest BCUT2D eigenvalue weighted by Crippen LogP contribution is -2.42. The fraction of sp³-hybridized carbons (Fsp3) is 0.400. The Morgan fingerprint density at radius 1 is 1.25 bits per heavy atom. The van der Waals surface area contributed by atoms with Crippen molar-refractivity contribution in [1.82, 2.24) is 10.6 Å². The molecule has 0 aliphatic heterocycles. The molecule has 0 radical (unpaired) electrons. The van der Waals surface area contributed by atoms with Gasteiger partial charge in [0, 0.05) is 12.6 Å². The van der Waals surface area contributed by atoms with Crippen molar-refractivity contribution in [2.75, 3.05) is 6.54 Å². The summed E-state index contributed by atoms with van der Waals surface area (Å²) in [5.41, 5.74) is 1.00. The maximum absolute atomic E-state index is 12.8. The average Bonchev–Trinajstić information content (AvgIpc) is 2.91. The van der Waals surface area contributed by atoms with Crippen LogP contribution >= 0.6 is 24.0 Å². The molecule has 0 heterocycles. The second-order valence-corrected chi connectivity index (χ2v) is 4.61. The molecule has 5 heteroatoms. The lowest BCUT2D eigenvalue weighted by Gasteiger charge is -2.16. The van der Waals surface area contributed by atoms with Crippen LogP contribution in [0.15, 0.2) is 41.4 Å². The molecule has 0 saturated carbocycles. The van der Waals surface area contributed by atoms with Crippen molar-refractivity contribution in [1.29, 1.82) is 0 Å². The SMILES string of the molecule is CCNC(=NCc1ccc(F)cc1)NC1CC=CC1.I. The van der Waals surface area contributed by atoms with Crippen molar-refractivity contribution in [2.45, 2.75) is 32.4 Å². The maximum atomic E-state index is 12.8. The predicted octanol–water partition coefficient (Wildman–Crippen LogP) is 3.22. The van der Waals surface area contributed by atoms with E-state index in [4.69, 9.17) is 0 Å². The summed E-state index contributed by atoms with van der Waals surface area (Å²) >= 11 is 0. The molecule has 1 aromatic carbocycles. The molecular formula is C15H21FIN3. The number of halogens is 2. The minimum Gasteiger partial charge on any atom is -0.357 e. The zero-order chi connectivity index (χ0) is 13.5. The molecule has 3 nitrogen and oxygen atoms in total. The van der Waals surface area contributed by atoms with Crippen LogP contribution in [0.2, 0.25) is 0 Å². The van der Waals surface area contributed by atoms with Crippen LogP contribution in [0, 0.1) is 5.82 Å². The van der Waals surface area contributed by atoms with E-state index in [0.29, 0.717) is 12.6 Å². The number of rotatable bonds is 4. The topological polar surface area (TPSA) is 36.4 Å². The molecule has 2 rings (SSSR count). The highest BCUT2D eigenvalue weighted by Gasteiger charge is 2.11. The summed E-state index contributed by atoms with van der Waals surface area (Å²) < 4.78 is 12.8. The Labute approximate surface area is 136 Å². The quantitative estimate of drug-likeness (QED) is 0.359. The van der Waals surface area contributed by atoms with Crippen LogP contribution in [0.25, 0.3) is 0 Å². The molecule has 0 amide bonds. The van der Waals surface area contributed by atoms with Crippen LogP contribution in [-0.2, 0) is 6.54 Å². The van der Waals surface area contributed by atoms with E-state index >= 15 is 0 Å². The maximum Gasteiger partial charge on any atom is 0.191 e. The van der Waals surface area contributed by atoms with Crippen molar-refractivity contribution in [3.05, 3.63) is 47.8 Å². The number of aliphatic imine (C=N–C) groups is 1. The van der Waals surface area contributed by atoms with E-state index in [9.17, 15) is 4.39 Å². The molecule has 0 fully saturated rings. The largest absolute Gasteiger partial charge is 0.357 e. The van der Waals surface area contributed by atoms with Gasteiger partial charge in [-0.1, -0.05) is 24.3 Å². The van der Waals surface area contributed by atoms with Crippen molar-refractivity contribution in [2.24, 2.45) is 4.99 Å². The van der Waals surface area contributed by atoms with Crippen LogP contribution in [0.4, 0.5) is 4.39 Å². The Bertz CT molecular complexity index is 449. The molecule has 0 spiro atoms. The molecule has 1 aromatic rings. The third kappa shape index (κ3) is 5.48. The number of nitrogens with zero attached hydrogens (tertiary/aromatic N) is 1. The van der Waals surface area contributed by atoms with Gasteiger partial charge in [0.1, 0.15) is 5.82 Å². The van der Waals surface area contributed by atoms with Crippen molar-refractivity contribution < 1.29 is 4.39 Å². The van der Waals surface area contributed by atoms with Gasteiger partial charge in [-0.3, -0.25) is 0 Å². The van der Waals surface area contributed by atoms with Gasteiger partial charge in [-0.15, -0.1) is 24.0 Å². The fourth-order valence-electron chi connectivity index (χ4n) is 2.01. The van der Waals surface area contributed by atoms with E-state index in [2.05, 4.69) is 27.8 Å². The van der Waals surface area contributed by atoms with Gasteiger partial charge in [0.15, 0.2) is 5.96 Å². The van der Waals surface area contributed by atoms with E-state index < -0.39 is 0 Å². The Morgan fingerprint density at radius 3 is 2.50 bits per heavy atom. The standard InChI is InChI=1S/C15H20FN3.HI/c1-2-17-15(19-14-5-3-4-6-14)18-11-12-7-9-13(16)10-8-12;/h3-4,7-10,14H,2,5-6,11H2,1H3,(H2,17,18,19);1H. The minimum atomic E-state index is -0.213. The van der Waals surface area contributed by atoms with E-state index in [1.54, 1.807) is 12.1 Å². The molecule has 0 atom stereocenters. The third-order valence-corrected chi connectivity index (χ3v) is 3.03. The third-order valence-electron chi connectivity index (χ3n) is 3.03. The summed E-state index contributed by atoms with van der Waals surface area (Å²) in [4.78, 5) is 4.52. The normalized spacial score (nSPS) is 15.0. The van der Waals surface area contributed by atoms with Gasteiger partial charge in [0.05, 0.1) is 6.54 Å². The molecule has 20 heavy (non-hydrogen) atoms. The van der Waals surface area contributed by atoms with E-state index in [1.165, 1.54) is 12.1 Å². The first-order valence-electron chi connectivity index (χ1n) is 6.72. The van der Waals surface area contributed by atoms with Gasteiger partial charge in [0.2, 0.25) is 0 Å². The van der Waals surface area contributed by atoms with Crippen molar-refractivity contribution in [3.63, 3.8) is 0 Å². The highest BCUT2D eigenvalue weighted by atomic mass is 127. The van der Waals surface area contributed by atoms with Gasteiger partial charge in [-0.25, -0.2) is 9.38 Å². The van der Waals surface area contributed by atoms with Crippen LogP contribution in [0.1, 0.15) is 25.3 Å². The van der Waals surface area contributed by atoms with Crippen LogP contribution in [-0.4, -0.2) is 18.5 Å². The Kier molecular flexibility index (Phi) is 7.58. The van der Waals surface area contributed by atoms with Crippen LogP contribution < -0.4 is 10.6 Å². The zero-order valence-electron chi connectivity index (χ0n) is 11.6. The fourth-order valence-corrected chi connectivity index (χ4v) is 2.01. The summed E-state index contributed by atoms with van der Waals surface area (Å²) in [5, 5.41) is 6.63. The van der Waals surface area contributed by atoms with E-state index in [0.717, 1.165) is 30.9 Å². The smallest absolute Gasteiger partial charge is 0.191 e. The predicted molar refractivity (Wildman–Crippen MR) is 91.9 cm³/mol. The molecule has 1 aliphatic carbocycles. The molecular weight excluding hydrogens is 368 g/mol. The molecule has 1 aliphatic rings. The van der Waals surface area contributed by atoms with Crippen LogP contribution in [0.3, 0.4) is 0 Å². The molecule has 0 aromatic heterocycles. The summed E-state index contributed by atoms with van der Waals surface area (Å²) in [6.07, 6.45) is 6.45. The lowest BCUT2D eigenvalue weighted by molar-refractivity contribution is 0.626. The first-order valence-corrected chi connectivity index (χ1v) is 6.72. The lowest BCUT2D eigenvalue weighted by atomic mass is 10.2. The molecule has 2 N–H and O–H groups in total. The number of hydrogen-bond donors (Lipinski definition) is 2. The molecule has 110 valence electrons.